The smallest absolute Gasteiger partial charge is 0.165 e. The zero-order valence-electron chi connectivity index (χ0n) is 13.6. The third kappa shape index (κ3) is 4.23. The van der Waals surface area contributed by atoms with Gasteiger partial charge >= 0.3 is 0 Å². The lowest BCUT2D eigenvalue weighted by molar-refractivity contribution is 0.0913. The van der Waals surface area contributed by atoms with E-state index >= 15 is 0 Å². The molecule has 0 heterocycles. The molecule has 2 aromatic carbocycles. The van der Waals surface area contributed by atoms with E-state index in [2.05, 4.69) is 57.2 Å². The maximum Gasteiger partial charge on any atom is 0.165 e. The second-order valence-electron chi connectivity index (χ2n) is 5.62. The molecule has 0 radical (unpaired) electrons. The Morgan fingerprint density at radius 3 is 2.23 bits per heavy atom. The van der Waals surface area contributed by atoms with E-state index in [1.165, 1.54) is 16.0 Å². The average molecular weight is 312 g/mol. The topological polar surface area (TPSA) is 17.1 Å². The molecule has 0 aromatic heterocycles. The summed E-state index contributed by atoms with van der Waals surface area (Å²) in [5.41, 5.74) is 3.54. The van der Waals surface area contributed by atoms with Crippen LogP contribution in [0.4, 0.5) is 0 Å². The van der Waals surface area contributed by atoms with Crippen LogP contribution in [-0.4, -0.2) is 5.78 Å². The number of ketones is 1. The van der Waals surface area contributed by atoms with Gasteiger partial charge in [0.1, 0.15) is 0 Å². The Balaban J connectivity index is 2.00. The summed E-state index contributed by atoms with van der Waals surface area (Å²) in [6.07, 6.45) is 1.83. The minimum atomic E-state index is 0.158. The summed E-state index contributed by atoms with van der Waals surface area (Å²) in [5.74, 6) is 1.40. The van der Waals surface area contributed by atoms with Gasteiger partial charge in [0.2, 0.25) is 0 Å². The first-order valence-electron chi connectivity index (χ1n) is 7.97. The molecule has 0 fully saturated rings. The largest absolute Gasteiger partial charge is 0.294 e. The zero-order chi connectivity index (χ0) is 15.9. The summed E-state index contributed by atoms with van der Waals surface area (Å²) in [7, 11) is 0. The van der Waals surface area contributed by atoms with Crippen molar-refractivity contribution in [2.75, 3.05) is 0 Å². The van der Waals surface area contributed by atoms with Crippen molar-refractivity contribution in [3.05, 3.63) is 65.2 Å². The number of benzene rings is 2. The van der Waals surface area contributed by atoms with E-state index in [9.17, 15) is 4.79 Å². The standard InChI is InChI=1S/C20H24OS/c1-4-16(5-2)20(21)17-10-12-19(13-11-17)22-14-18-9-7-6-8-15(18)3/h6-13,16H,4-5,14H2,1-3H3. The molecule has 0 saturated heterocycles. The number of thioether (sulfide) groups is 1. The number of Topliss-reactive ketones (excluding diaryl/α,β-unsaturated/α-hetero) is 1. The monoisotopic (exact) mass is 312 g/mol. The highest BCUT2D eigenvalue weighted by Crippen LogP contribution is 2.25. The van der Waals surface area contributed by atoms with Gasteiger partial charge in [-0.15, -0.1) is 11.8 Å². The van der Waals surface area contributed by atoms with Gasteiger partial charge < -0.3 is 0 Å². The first-order valence-corrected chi connectivity index (χ1v) is 8.95. The quantitative estimate of drug-likeness (QED) is 0.467. The number of hydrogen-bond acceptors (Lipinski definition) is 2. The van der Waals surface area contributed by atoms with Crippen molar-refractivity contribution >= 4 is 17.5 Å². The highest BCUT2D eigenvalue weighted by molar-refractivity contribution is 7.98. The van der Waals surface area contributed by atoms with Crippen LogP contribution >= 0.6 is 11.8 Å². The van der Waals surface area contributed by atoms with Gasteiger partial charge in [0.05, 0.1) is 0 Å². The first kappa shape index (κ1) is 16.8. The molecular weight excluding hydrogens is 288 g/mol. The highest BCUT2D eigenvalue weighted by Gasteiger charge is 2.15. The molecule has 0 amide bonds. The van der Waals surface area contributed by atoms with Crippen LogP contribution in [0.3, 0.4) is 0 Å². The molecule has 116 valence electrons. The lowest BCUT2D eigenvalue weighted by Crippen LogP contribution is -2.12. The maximum absolute atomic E-state index is 12.3. The fraction of sp³-hybridized carbons (Fsp3) is 0.350. The number of rotatable bonds is 7. The van der Waals surface area contributed by atoms with Crippen LogP contribution in [-0.2, 0) is 5.75 Å². The summed E-state index contributed by atoms with van der Waals surface area (Å²) in [5, 5.41) is 0. The van der Waals surface area contributed by atoms with Gasteiger partial charge in [-0.25, -0.2) is 0 Å². The molecule has 0 unspecified atom stereocenters. The Morgan fingerprint density at radius 2 is 1.64 bits per heavy atom. The van der Waals surface area contributed by atoms with E-state index in [1.807, 2.05) is 23.9 Å². The molecule has 0 aliphatic carbocycles. The number of carbonyl (C=O) groups is 1. The molecular formula is C20H24OS. The molecule has 0 atom stereocenters. The maximum atomic E-state index is 12.3. The second kappa shape index (κ2) is 8.19. The molecule has 0 spiro atoms. The van der Waals surface area contributed by atoms with Gasteiger partial charge in [-0.3, -0.25) is 4.79 Å². The van der Waals surface area contributed by atoms with Gasteiger partial charge in [-0.1, -0.05) is 50.2 Å². The molecule has 1 nitrogen and oxygen atoms in total. The van der Waals surface area contributed by atoms with E-state index < -0.39 is 0 Å². The van der Waals surface area contributed by atoms with E-state index in [0.717, 1.165) is 24.2 Å². The van der Waals surface area contributed by atoms with E-state index in [-0.39, 0.29) is 11.7 Å². The van der Waals surface area contributed by atoms with E-state index in [4.69, 9.17) is 0 Å². The van der Waals surface area contributed by atoms with Crippen LogP contribution in [0, 0.1) is 12.8 Å². The molecule has 0 bridgehead atoms. The van der Waals surface area contributed by atoms with Crippen molar-refractivity contribution < 1.29 is 4.79 Å². The van der Waals surface area contributed by atoms with Gasteiger partial charge in [-0.05, 0) is 43.0 Å². The number of hydrogen-bond donors (Lipinski definition) is 0. The second-order valence-corrected chi connectivity index (χ2v) is 6.67. The summed E-state index contributed by atoms with van der Waals surface area (Å²) in [6.45, 7) is 6.31. The van der Waals surface area contributed by atoms with Crippen molar-refractivity contribution in [2.45, 2.75) is 44.3 Å². The van der Waals surface area contributed by atoms with Crippen LogP contribution in [0.5, 0.6) is 0 Å². The Kier molecular flexibility index (Phi) is 6.26. The summed E-state index contributed by atoms with van der Waals surface area (Å²) in [4.78, 5) is 13.5. The Labute approximate surface area is 138 Å². The molecule has 0 N–H and O–H groups in total. The molecule has 2 rings (SSSR count). The third-order valence-electron chi connectivity index (χ3n) is 4.15. The van der Waals surface area contributed by atoms with Crippen LogP contribution in [0.15, 0.2) is 53.4 Å². The minimum absolute atomic E-state index is 0.158. The Hall–Kier alpha value is -1.54. The van der Waals surface area contributed by atoms with Gasteiger partial charge in [0, 0.05) is 22.1 Å². The molecule has 2 aromatic rings. The van der Waals surface area contributed by atoms with Crippen molar-refractivity contribution in [3.8, 4) is 0 Å². The number of aryl methyl sites for hydroxylation is 1. The normalized spacial score (nSPS) is 10.9. The third-order valence-corrected chi connectivity index (χ3v) is 5.21. The fourth-order valence-corrected chi connectivity index (χ4v) is 3.52. The lowest BCUT2D eigenvalue weighted by Gasteiger charge is -2.11. The Bertz CT molecular complexity index is 612. The minimum Gasteiger partial charge on any atom is -0.294 e. The van der Waals surface area contributed by atoms with Crippen LogP contribution in [0.2, 0.25) is 0 Å². The number of carbonyl (C=O) groups excluding carboxylic acids is 1. The lowest BCUT2D eigenvalue weighted by atomic mass is 9.93. The summed E-state index contributed by atoms with van der Waals surface area (Å²) >= 11 is 1.82. The van der Waals surface area contributed by atoms with Crippen LogP contribution < -0.4 is 0 Å². The van der Waals surface area contributed by atoms with Gasteiger partial charge in [0.25, 0.3) is 0 Å². The molecule has 0 aliphatic heterocycles. The molecule has 22 heavy (non-hydrogen) atoms. The van der Waals surface area contributed by atoms with E-state index in [0.29, 0.717) is 0 Å². The molecule has 2 heteroatoms. The van der Waals surface area contributed by atoms with Crippen molar-refractivity contribution in [1.82, 2.24) is 0 Å². The average Bonchev–Trinajstić information content (AvgIpc) is 2.55. The first-order chi connectivity index (χ1) is 10.7. The van der Waals surface area contributed by atoms with E-state index in [1.54, 1.807) is 0 Å². The van der Waals surface area contributed by atoms with Crippen molar-refractivity contribution in [3.63, 3.8) is 0 Å². The fourth-order valence-electron chi connectivity index (χ4n) is 2.54. The predicted molar refractivity (Wildman–Crippen MR) is 95.6 cm³/mol. The van der Waals surface area contributed by atoms with Gasteiger partial charge in [0.15, 0.2) is 5.78 Å². The molecule has 0 aliphatic rings. The predicted octanol–water partition coefficient (Wildman–Crippen LogP) is 5.91. The highest BCUT2D eigenvalue weighted by atomic mass is 32.2. The van der Waals surface area contributed by atoms with Crippen LogP contribution in [0.25, 0.3) is 0 Å². The van der Waals surface area contributed by atoms with Gasteiger partial charge in [-0.2, -0.15) is 0 Å². The summed E-state index contributed by atoms with van der Waals surface area (Å²) < 4.78 is 0. The Morgan fingerprint density at radius 1 is 1.00 bits per heavy atom. The SMILES string of the molecule is CCC(CC)C(=O)c1ccc(SCc2ccccc2C)cc1. The van der Waals surface area contributed by atoms with Crippen LogP contribution in [0.1, 0.15) is 48.2 Å². The van der Waals surface area contributed by atoms with Crippen molar-refractivity contribution in [2.24, 2.45) is 5.92 Å². The van der Waals surface area contributed by atoms with Crippen molar-refractivity contribution in [1.29, 1.82) is 0 Å². The zero-order valence-corrected chi connectivity index (χ0v) is 14.5. The molecule has 0 saturated carbocycles. The summed E-state index contributed by atoms with van der Waals surface area (Å²) in [6, 6.07) is 16.6.